The summed E-state index contributed by atoms with van der Waals surface area (Å²) < 4.78 is 26.6. The average molecular weight is 514 g/mol. The quantitative estimate of drug-likeness (QED) is 0.492. The number of nitrogens with one attached hydrogen (secondary N) is 1. The maximum absolute atomic E-state index is 13.1. The topological polar surface area (TPSA) is 86.8 Å². The Hall–Kier alpha value is -2.13. The van der Waals surface area contributed by atoms with Gasteiger partial charge in [-0.25, -0.2) is 12.7 Å². The first-order valence-corrected chi connectivity index (χ1v) is 12.8. The number of carbonyl (C=O) groups excluding carboxylic acids is 2. The molecule has 0 aliphatic heterocycles. The van der Waals surface area contributed by atoms with Gasteiger partial charge in [0, 0.05) is 48.7 Å². The summed E-state index contributed by atoms with van der Waals surface area (Å²) in [6.45, 7) is 4.08. The minimum atomic E-state index is -3.64. The molecule has 0 aliphatic rings. The number of carbonyl (C=O) groups is 2. The van der Waals surface area contributed by atoms with Crippen LogP contribution in [0.5, 0.6) is 0 Å². The molecule has 0 saturated carbocycles. The molecular weight excluding hydrogens is 485 g/mol. The second-order valence-electron chi connectivity index (χ2n) is 7.54. The Morgan fingerprint density at radius 1 is 1.03 bits per heavy atom. The number of hydrogen-bond acceptors (Lipinski definition) is 4. The SMILES string of the molecule is CCNC(=O)C(C)N(Cc1c(Cl)cccc1Cl)C(=O)CCCN(C)S(=O)(=O)c1ccccc1. The molecule has 0 radical (unpaired) electrons. The monoisotopic (exact) mass is 513 g/mol. The maximum Gasteiger partial charge on any atom is 0.242 e. The second-order valence-corrected chi connectivity index (χ2v) is 10.4. The van der Waals surface area contributed by atoms with E-state index >= 15 is 0 Å². The van der Waals surface area contributed by atoms with Crippen molar-refractivity contribution >= 4 is 45.0 Å². The van der Waals surface area contributed by atoms with Crippen LogP contribution in [-0.4, -0.2) is 55.6 Å². The smallest absolute Gasteiger partial charge is 0.242 e. The molecule has 180 valence electrons. The van der Waals surface area contributed by atoms with Crippen molar-refractivity contribution in [1.29, 1.82) is 0 Å². The number of benzene rings is 2. The lowest BCUT2D eigenvalue weighted by molar-refractivity contribution is -0.140. The molecule has 10 heteroatoms. The van der Waals surface area contributed by atoms with Crippen LogP contribution >= 0.6 is 23.2 Å². The summed E-state index contributed by atoms with van der Waals surface area (Å²) in [5, 5.41) is 3.52. The van der Waals surface area contributed by atoms with Crippen LogP contribution in [0.1, 0.15) is 32.3 Å². The van der Waals surface area contributed by atoms with Crippen molar-refractivity contribution in [1.82, 2.24) is 14.5 Å². The standard InChI is InChI=1S/C23H29Cl2N3O4S/c1-4-26-23(30)17(2)28(16-19-20(24)12-8-13-21(19)25)22(29)14-9-15-27(3)33(31,32)18-10-6-5-7-11-18/h5-8,10-13,17H,4,9,14-16H2,1-3H3,(H,26,30). The van der Waals surface area contributed by atoms with Crippen molar-refractivity contribution in [3.63, 3.8) is 0 Å². The molecule has 0 aliphatic carbocycles. The van der Waals surface area contributed by atoms with Crippen molar-refractivity contribution in [3.05, 3.63) is 64.1 Å². The van der Waals surface area contributed by atoms with Crippen LogP contribution in [0.3, 0.4) is 0 Å². The number of rotatable bonds is 11. The van der Waals surface area contributed by atoms with Gasteiger partial charge >= 0.3 is 0 Å². The van der Waals surface area contributed by atoms with Crippen LogP contribution in [0.25, 0.3) is 0 Å². The van der Waals surface area contributed by atoms with E-state index in [2.05, 4.69) is 5.32 Å². The molecule has 2 aromatic rings. The molecule has 0 aromatic heterocycles. The van der Waals surface area contributed by atoms with Crippen LogP contribution in [0.15, 0.2) is 53.4 Å². The van der Waals surface area contributed by atoms with Crippen LogP contribution in [-0.2, 0) is 26.2 Å². The number of sulfonamides is 1. The van der Waals surface area contributed by atoms with Gasteiger partial charge in [0.25, 0.3) is 0 Å². The molecular formula is C23H29Cl2N3O4S. The minimum absolute atomic E-state index is 0.0560. The third kappa shape index (κ3) is 7.17. The van der Waals surface area contributed by atoms with Crippen LogP contribution < -0.4 is 5.32 Å². The zero-order valence-corrected chi connectivity index (χ0v) is 21.3. The zero-order valence-electron chi connectivity index (χ0n) is 18.9. The minimum Gasteiger partial charge on any atom is -0.355 e. The summed E-state index contributed by atoms with van der Waals surface area (Å²) in [7, 11) is -2.17. The molecule has 33 heavy (non-hydrogen) atoms. The highest BCUT2D eigenvalue weighted by molar-refractivity contribution is 7.89. The van der Waals surface area contributed by atoms with Gasteiger partial charge in [-0.3, -0.25) is 9.59 Å². The second kappa shape index (κ2) is 12.4. The van der Waals surface area contributed by atoms with E-state index in [0.29, 0.717) is 22.2 Å². The van der Waals surface area contributed by atoms with Gasteiger partial charge in [-0.2, -0.15) is 0 Å². The number of likely N-dealkylation sites (N-methyl/N-ethyl adjacent to an activating group) is 1. The Morgan fingerprint density at radius 2 is 1.64 bits per heavy atom. The highest BCUT2D eigenvalue weighted by Crippen LogP contribution is 2.27. The number of amides is 2. The number of nitrogens with zero attached hydrogens (tertiary/aromatic N) is 2. The molecule has 1 atom stereocenters. The Kier molecular flexibility index (Phi) is 10.2. The lowest BCUT2D eigenvalue weighted by atomic mass is 10.1. The van der Waals surface area contributed by atoms with Gasteiger partial charge in [0.1, 0.15) is 6.04 Å². The molecule has 2 amide bonds. The van der Waals surface area contributed by atoms with Gasteiger partial charge < -0.3 is 10.2 Å². The van der Waals surface area contributed by atoms with E-state index in [1.165, 1.54) is 28.4 Å². The first-order chi connectivity index (χ1) is 15.6. The number of hydrogen-bond donors (Lipinski definition) is 1. The Balaban J connectivity index is 2.12. The zero-order chi connectivity index (χ0) is 24.6. The normalized spacial score (nSPS) is 12.4. The van der Waals surface area contributed by atoms with Gasteiger partial charge in [0.2, 0.25) is 21.8 Å². The van der Waals surface area contributed by atoms with Gasteiger partial charge in [-0.1, -0.05) is 47.5 Å². The molecule has 0 bridgehead atoms. The fourth-order valence-corrected chi connectivity index (χ4v) is 4.99. The Labute approximate surface area is 205 Å². The van der Waals surface area contributed by atoms with E-state index in [1.807, 2.05) is 0 Å². The lowest BCUT2D eigenvalue weighted by Gasteiger charge is -2.29. The van der Waals surface area contributed by atoms with E-state index in [1.54, 1.807) is 50.2 Å². The molecule has 0 saturated heterocycles. The van der Waals surface area contributed by atoms with Crippen molar-refractivity contribution < 1.29 is 18.0 Å². The molecule has 0 spiro atoms. The van der Waals surface area contributed by atoms with Crippen molar-refractivity contribution in [2.24, 2.45) is 0 Å². The van der Waals surface area contributed by atoms with Crippen molar-refractivity contribution in [3.8, 4) is 0 Å². The molecule has 2 rings (SSSR count). The van der Waals surface area contributed by atoms with Crippen LogP contribution in [0.4, 0.5) is 0 Å². The molecule has 0 heterocycles. The fourth-order valence-electron chi connectivity index (χ4n) is 3.25. The third-order valence-electron chi connectivity index (χ3n) is 5.22. The highest BCUT2D eigenvalue weighted by atomic mass is 35.5. The third-order valence-corrected chi connectivity index (χ3v) is 7.80. The summed E-state index contributed by atoms with van der Waals surface area (Å²) >= 11 is 12.6. The molecule has 2 aromatic carbocycles. The first kappa shape index (κ1) is 27.1. The predicted octanol–water partition coefficient (Wildman–Crippen LogP) is 3.95. The van der Waals surface area contributed by atoms with Gasteiger partial charge in [-0.15, -0.1) is 0 Å². The average Bonchev–Trinajstić information content (AvgIpc) is 2.79. The molecule has 1 N–H and O–H groups in total. The fraction of sp³-hybridized carbons (Fsp3) is 0.391. The van der Waals surface area contributed by atoms with E-state index in [0.717, 1.165) is 0 Å². The number of halogens is 2. The van der Waals surface area contributed by atoms with E-state index in [9.17, 15) is 18.0 Å². The maximum atomic E-state index is 13.1. The van der Waals surface area contributed by atoms with Crippen LogP contribution in [0, 0.1) is 0 Å². The van der Waals surface area contributed by atoms with Crippen LogP contribution in [0.2, 0.25) is 10.0 Å². The molecule has 1 unspecified atom stereocenters. The van der Waals surface area contributed by atoms with Crippen molar-refractivity contribution in [2.75, 3.05) is 20.1 Å². The van der Waals surface area contributed by atoms with Crippen molar-refractivity contribution in [2.45, 2.75) is 44.2 Å². The summed E-state index contributed by atoms with van der Waals surface area (Å²) in [5.74, 6) is -0.590. The molecule has 7 nitrogen and oxygen atoms in total. The van der Waals surface area contributed by atoms with E-state index in [-0.39, 0.29) is 42.6 Å². The Bertz CT molecular complexity index is 1040. The van der Waals surface area contributed by atoms with E-state index < -0.39 is 16.1 Å². The summed E-state index contributed by atoms with van der Waals surface area (Å²) in [5.41, 5.74) is 0.550. The summed E-state index contributed by atoms with van der Waals surface area (Å²) in [4.78, 5) is 27.2. The van der Waals surface area contributed by atoms with Gasteiger partial charge in [0.15, 0.2) is 0 Å². The summed E-state index contributed by atoms with van der Waals surface area (Å²) in [6.07, 6.45) is 0.344. The lowest BCUT2D eigenvalue weighted by Crippen LogP contribution is -2.47. The highest BCUT2D eigenvalue weighted by Gasteiger charge is 2.27. The first-order valence-electron chi connectivity index (χ1n) is 10.6. The van der Waals surface area contributed by atoms with Gasteiger partial charge in [-0.05, 0) is 44.5 Å². The largest absolute Gasteiger partial charge is 0.355 e. The Morgan fingerprint density at radius 3 is 2.21 bits per heavy atom. The van der Waals surface area contributed by atoms with E-state index in [4.69, 9.17) is 23.2 Å². The predicted molar refractivity (Wildman–Crippen MR) is 131 cm³/mol. The summed E-state index contributed by atoms with van der Waals surface area (Å²) in [6, 6.07) is 12.4. The van der Waals surface area contributed by atoms with Gasteiger partial charge in [0.05, 0.1) is 4.90 Å². The molecule has 0 fully saturated rings.